The Balaban J connectivity index is 4.65. The average molecular weight is 868 g/mol. The number of rotatable bonds is 47. The molecule has 0 rings (SSSR count). The smallest absolute Gasteiger partial charge is 0.306 e. The van der Waals surface area contributed by atoms with Gasteiger partial charge in [-0.05, 0) is 77.0 Å². The Hall–Kier alpha value is -2.44. The SMILES string of the molecule is CC/C=C/C/C=C/C/C=C/CCCCCCCCC(=O)OC(CCC/C=C/C=C/CCCCCCCCC)CC(=O)NC(CO)C(O)CCCCCCCCCCCCCCC. The topological polar surface area (TPSA) is 95.9 Å². The third-order valence-corrected chi connectivity index (χ3v) is 11.9. The minimum absolute atomic E-state index is 0.0385. The van der Waals surface area contributed by atoms with Gasteiger partial charge < -0.3 is 20.3 Å². The first-order valence-corrected chi connectivity index (χ1v) is 26.5. The van der Waals surface area contributed by atoms with Crippen LogP contribution in [0.3, 0.4) is 0 Å². The molecule has 62 heavy (non-hydrogen) atoms. The summed E-state index contributed by atoms with van der Waals surface area (Å²) >= 11 is 0. The minimum atomic E-state index is -0.802. The van der Waals surface area contributed by atoms with E-state index in [0.29, 0.717) is 19.3 Å². The fourth-order valence-corrected chi connectivity index (χ4v) is 7.85. The molecule has 6 nitrogen and oxygen atoms in total. The first kappa shape index (κ1) is 59.6. The minimum Gasteiger partial charge on any atom is -0.462 e. The molecule has 0 bridgehead atoms. The van der Waals surface area contributed by atoms with E-state index in [9.17, 15) is 19.8 Å². The van der Waals surface area contributed by atoms with Gasteiger partial charge in [0.25, 0.3) is 0 Å². The summed E-state index contributed by atoms with van der Waals surface area (Å²) in [6.45, 7) is 6.36. The lowest BCUT2D eigenvalue weighted by Crippen LogP contribution is -2.46. The van der Waals surface area contributed by atoms with Gasteiger partial charge in [-0.2, -0.15) is 0 Å². The molecule has 0 radical (unpaired) electrons. The van der Waals surface area contributed by atoms with Crippen LogP contribution < -0.4 is 5.32 Å². The second-order valence-corrected chi connectivity index (χ2v) is 17.9. The molecule has 0 aliphatic carbocycles. The first-order valence-electron chi connectivity index (χ1n) is 26.5. The predicted octanol–water partition coefficient (Wildman–Crippen LogP) is 16.0. The molecule has 0 aromatic heterocycles. The third-order valence-electron chi connectivity index (χ3n) is 11.9. The maximum Gasteiger partial charge on any atom is 0.306 e. The van der Waals surface area contributed by atoms with Gasteiger partial charge in [-0.15, -0.1) is 0 Å². The number of aliphatic hydroxyl groups excluding tert-OH is 2. The van der Waals surface area contributed by atoms with Crippen molar-refractivity contribution in [3.63, 3.8) is 0 Å². The summed E-state index contributed by atoms with van der Waals surface area (Å²) < 4.78 is 5.91. The Morgan fingerprint density at radius 1 is 0.500 bits per heavy atom. The zero-order valence-electron chi connectivity index (χ0n) is 41.0. The van der Waals surface area contributed by atoms with Crippen LogP contribution in [0, 0.1) is 0 Å². The molecule has 0 heterocycles. The number of allylic oxidation sites excluding steroid dienone is 10. The molecule has 0 aliphatic rings. The van der Waals surface area contributed by atoms with Crippen LogP contribution in [0.2, 0.25) is 0 Å². The van der Waals surface area contributed by atoms with Crippen molar-refractivity contribution in [2.24, 2.45) is 0 Å². The van der Waals surface area contributed by atoms with Crippen molar-refractivity contribution >= 4 is 11.9 Å². The van der Waals surface area contributed by atoms with Crippen LogP contribution in [0.1, 0.15) is 258 Å². The number of aliphatic hydroxyl groups is 2. The van der Waals surface area contributed by atoms with Crippen molar-refractivity contribution in [1.82, 2.24) is 5.32 Å². The molecule has 3 unspecified atom stereocenters. The van der Waals surface area contributed by atoms with Gasteiger partial charge in [-0.25, -0.2) is 0 Å². The van der Waals surface area contributed by atoms with E-state index in [0.717, 1.165) is 83.5 Å². The summed E-state index contributed by atoms with van der Waals surface area (Å²) in [5, 5.41) is 23.8. The van der Waals surface area contributed by atoms with Crippen LogP contribution in [0.15, 0.2) is 60.8 Å². The second kappa shape index (κ2) is 49.6. The van der Waals surface area contributed by atoms with Gasteiger partial charge in [0, 0.05) is 6.42 Å². The van der Waals surface area contributed by atoms with Crippen molar-refractivity contribution in [1.29, 1.82) is 0 Å². The number of hydrogen-bond donors (Lipinski definition) is 3. The highest BCUT2D eigenvalue weighted by Gasteiger charge is 2.24. The molecule has 0 aromatic carbocycles. The fourth-order valence-electron chi connectivity index (χ4n) is 7.85. The molecule has 1 amide bonds. The van der Waals surface area contributed by atoms with Crippen LogP contribution in [0.5, 0.6) is 0 Å². The number of carbonyl (C=O) groups is 2. The maximum absolute atomic E-state index is 13.2. The van der Waals surface area contributed by atoms with Crippen molar-refractivity contribution in [3.05, 3.63) is 60.8 Å². The van der Waals surface area contributed by atoms with Gasteiger partial charge in [0.15, 0.2) is 0 Å². The third kappa shape index (κ3) is 44.2. The standard InChI is InChI=1S/C56H101NO5/c1-4-7-10-13-16-19-22-25-27-28-31-34-37-40-43-46-49-56(61)62-52(47-44-41-38-35-32-30-26-23-20-17-14-11-8-5-2)50-55(60)57-53(51-58)54(59)48-45-42-39-36-33-29-24-21-18-15-12-9-6-3/h7,10,16,19,25,27,30,32,35,38,52-54,58-59H,4-6,8-9,11-15,17-18,20-24,26,28-29,31,33-34,36-37,39-51H2,1-3H3,(H,57,60)/b10-7+,19-16+,27-25+,32-30+,38-35+. The summed E-state index contributed by atoms with van der Waals surface area (Å²) in [6.07, 6.45) is 61.4. The van der Waals surface area contributed by atoms with Crippen LogP contribution in [-0.4, -0.2) is 46.9 Å². The van der Waals surface area contributed by atoms with E-state index in [4.69, 9.17) is 4.74 Å². The van der Waals surface area contributed by atoms with Crippen molar-refractivity contribution in [2.75, 3.05) is 6.61 Å². The molecular formula is C56H101NO5. The number of nitrogens with one attached hydrogen (secondary N) is 1. The number of esters is 1. The van der Waals surface area contributed by atoms with Gasteiger partial charge in [0.2, 0.25) is 5.91 Å². The lowest BCUT2D eigenvalue weighted by Gasteiger charge is -2.24. The molecule has 3 N–H and O–H groups in total. The Labute approximate surface area is 384 Å². The van der Waals surface area contributed by atoms with Crippen LogP contribution in [0.25, 0.3) is 0 Å². The van der Waals surface area contributed by atoms with E-state index in [1.54, 1.807) is 0 Å². The molecule has 0 spiro atoms. The Kier molecular flexibility index (Phi) is 47.6. The highest BCUT2D eigenvalue weighted by Crippen LogP contribution is 2.17. The summed E-state index contributed by atoms with van der Waals surface area (Å²) in [7, 11) is 0. The molecule has 3 atom stereocenters. The molecule has 6 heteroatoms. The van der Waals surface area contributed by atoms with Crippen LogP contribution in [0.4, 0.5) is 0 Å². The molecule has 0 aromatic rings. The summed E-state index contributed by atoms with van der Waals surface area (Å²) in [4.78, 5) is 26.2. The van der Waals surface area contributed by atoms with E-state index in [1.165, 1.54) is 128 Å². The average Bonchev–Trinajstić information content (AvgIpc) is 3.26. The Morgan fingerprint density at radius 3 is 1.45 bits per heavy atom. The van der Waals surface area contributed by atoms with Crippen LogP contribution in [-0.2, 0) is 14.3 Å². The first-order chi connectivity index (χ1) is 30.5. The van der Waals surface area contributed by atoms with E-state index in [-0.39, 0.29) is 24.9 Å². The van der Waals surface area contributed by atoms with E-state index < -0.39 is 18.2 Å². The normalized spacial score (nSPS) is 13.7. The number of amides is 1. The fraction of sp³-hybridized carbons (Fsp3) is 0.786. The van der Waals surface area contributed by atoms with Crippen LogP contribution >= 0.6 is 0 Å². The van der Waals surface area contributed by atoms with Gasteiger partial charge in [0.05, 0.1) is 25.2 Å². The second-order valence-electron chi connectivity index (χ2n) is 17.9. The summed E-state index contributed by atoms with van der Waals surface area (Å²) in [5.41, 5.74) is 0. The van der Waals surface area contributed by atoms with Gasteiger partial charge in [-0.1, -0.05) is 229 Å². The van der Waals surface area contributed by atoms with E-state index in [2.05, 4.69) is 86.8 Å². The number of hydrogen-bond acceptors (Lipinski definition) is 5. The molecule has 0 saturated heterocycles. The summed E-state index contributed by atoms with van der Waals surface area (Å²) in [5.74, 6) is -0.533. The predicted molar refractivity (Wildman–Crippen MR) is 268 cm³/mol. The largest absolute Gasteiger partial charge is 0.462 e. The van der Waals surface area contributed by atoms with Crippen molar-refractivity contribution in [2.45, 2.75) is 277 Å². The number of carbonyl (C=O) groups excluding carboxylic acids is 2. The molecule has 0 fully saturated rings. The van der Waals surface area contributed by atoms with Crippen molar-refractivity contribution in [3.8, 4) is 0 Å². The molecule has 0 aliphatic heterocycles. The highest BCUT2D eigenvalue weighted by molar-refractivity contribution is 5.77. The van der Waals surface area contributed by atoms with Gasteiger partial charge in [0.1, 0.15) is 6.10 Å². The lowest BCUT2D eigenvalue weighted by atomic mass is 10.0. The summed E-state index contributed by atoms with van der Waals surface area (Å²) in [6, 6.07) is -0.719. The number of ether oxygens (including phenoxy) is 1. The molecule has 0 saturated carbocycles. The number of unbranched alkanes of at least 4 members (excludes halogenated alkanes) is 26. The van der Waals surface area contributed by atoms with Crippen molar-refractivity contribution < 1.29 is 24.5 Å². The zero-order valence-corrected chi connectivity index (χ0v) is 41.0. The molecule has 360 valence electrons. The van der Waals surface area contributed by atoms with Gasteiger partial charge >= 0.3 is 5.97 Å². The van der Waals surface area contributed by atoms with E-state index in [1.807, 2.05) is 0 Å². The molecular weight excluding hydrogens is 767 g/mol. The van der Waals surface area contributed by atoms with E-state index >= 15 is 0 Å². The quantitative estimate of drug-likeness (QED) is 0.0245. The highest BCUT2D eigenvalue weighted by atomic mass is 16.5. The maximum atomic E-state index is 13.2. The lowest BCUT2D eigenvalue weighted by molar-refractivity contribution is -0.151. The Morgan fingerprint density at radius 2 is 0.935 bits per heavy atom. The van der Waals surface area contributed by atoms with Gasteiger partial charge in [-0.3, -0.25) is 9.59 Å². The monoisotopic (exact) mass is 868 g/mol. The zero-order chi connectivity index (χ0) is 45.2. The Bertz CT molecular complexity index is 1110.